The summed E-state index contributed by atoms with van der Waals surface area (Å²) in [5, 5.41) is 10.0. The molecule has 3 rings (SSSR count). The Bertz CT molecular complexity index is 974. The lowest BCUT2D eigenvalue weighted by Crippen LogP contribution is -2.34. The Kier molecular flexibility index (Phi) is 5.67. The van der Waals surface area contributed by atoms with E-state index in [0.29, 0.717) is 34.2 Å². The van der Waals surface area contributed by atoms with E-state index in [1.54, 1.807) is 54.6 Å². The average Bonchev–Trinajstić information content (AvgIpc) is 2.65. The third-order valence-electron chi connectivity index (χ3n) is 3.93. The molecule has 7 nitrogen and oxygen atoms in total. The van der Waals surface area contributed by atoms with Crippen LogP contribution in [0, 0.1) is 6.92 Å². The van der Waals surface area contributed by atoms with Crippen molar-refractivity contribution in [3.8, 4) is 17.2 Å². The van der Waals surface area contributed by atoms with Crippen LogP contribution in [0.5, 0.6) is 17.2 Å². The molecule has 0 aromatic heterocycles. The van der Waals surface area contributed by atoms with E-state index in [1.165, 1.54) is 0 Å². The standard InChI is InChI=1S/C21H21N3O4/c1-14-5-8-17(9-6-14)28-24(23)19-13-16(22)7-10-20(19)27-18-4-2-3-15(11-18)12-21(25)26/h2-11,13H,12,22-23H2,1H3,(H,25,26). The van der Waals surface area contributed by atoms with Crippen LogP contribution in [0.2, 0.25) is 0 Å². The van der Waals surface area contributed by atoms with Gasteiger partial charge in [0.2, 0.25) is 0 Å². The molecule has 0 aliphatic rings. The molecule has 0 spiro atoms. The van der Waals surface area contributed by atoms with Crippen molar-refractivity contribution in [1.82, 2.24) is 0 Å². The Hall–Kier alpha value is -3.71. The topological polar surface area (TPSA) is 111 Å². The number of nitrogens with zero attached hydrogens (tertiary/aromatic N) is 1. The van der Waals surface area contributed by atoms with Crippen molar-refractivity contribution in [3.05, 3.63) is 77.9 Å². The van der Waals surface area contributed by atoms with E-state index in [-0.39, 0.29) is 6.42 Å². The summed E-state index contributed by atoms with van der Waals surface area (Å²) in [4.78, 5) is 16.6. The first-order valence-corrected chi connectivity index (χ1v) is 8.58. The molecule has 7 heteroatoms. The molecule has 0 saturated carbocycles. The summed E-state index contributed by atoms with van der Waals surface area (Å²) in [5.41, 5.74) is 8.53. The maximum Gasteiger partial charge on any atom is 0.307 e. The number of carboxylic acids is 1. The van der Waals surface area contributed by atoms with E-state index >= 15 is 0 Å². The van der Waals surface area contributed by atoms with Crippen LogP contribution in [0.4, 0.5) is 11.4 Å². The summed E-state index contributed by atoms with van der Waals surface area (Å²) < 4.78 is 5.91. The van der Waals surface area contributed by atoms with Gasteiger partial charge >= 0.3 is 5.97 Å². The molecule has 0 heterocycles. The minimum Gasteiger partial charge on any atom is -0.481 e. The average molecular weight is 379 g/mol. The predicted octanol–water partition coefficient (Wildman–Crippen LogP) is 3.67. The Morgan fingerprint density at radius 3 is 2.50 bits per heavy atom. The number of aliphatic carboxylic acids is 1. The second-order valence-electron chi connectivity index (χ2n) is 6.28. The fraction of sp³-hybridized carbons (Fsp3) is 0.0952. The van der Waals surface area contributed by atoms with Crippen LogP contribution in [0.15, 0.2) is 66.7 Å². The number of ether oxygens (including phenoxy) is 1. The molecule has 0 atom stereocenters. The summed E-state index contributed by atoms with van der Waals surface area (Å²) in [5.74, 6) is 6.62. The molecule has 28 heavy (non-hydrogen) atoms. The highest BCUT2D eigenvalue weighted by Gasteiger charge is 2.14. The Morgan fingerprint density at radius 1 is 1.04 bits per heavy atom. The summed E-state index contributed by atoms with van der Waals surface area (Å²) in [7, 11) is 0. The number of hydrogen-bond donors (Lipinski definition) is 3. The van der Waals surface area contributed by atoms with Crippen LogP contribution in [0.1, 0.15) is 11.1 Å². The first kappa shape index (κ1) is 19.1. The van der Waals surface area contributed by atoms with E-state index in [1.807, 2.05) is 19.1 Å². The number of carboxylic acid groups (broad SMARTS) is 1. The van der Waals surface area contributed by atoms with Gasteiger partial charge < -0.3 is 20.4 Å². The van der Waals surface area contributed by atoms with E-state index < -0.39 is 5.97 Å². The fourth-order valence-corrected chi connectivity index (χ4v) is 2.58. The van der Waals surface area contributed by atoms with Gasteiger partial charge in [-0.2, -0.15) is 0 Å². The van der Waals surface area contributed by atoms with Crippen molar-refractivity contribution < 1.29 is 19.5 Å². The lowest BCUT2D eigenvalue weighted by atomic mass is 10.1. The zero-order valence-electron chi connectivity index (χ0n) is 15.3. The molecule has 0 aliphatic heterocycles. The zero-order chi connectivity index (χ0) is 20.1. The van der Waals surface area contributed by atoms with E-state index in [0.717, 1.165) is 10.7 Å². The quantitative estimate of drug-likeness (QED) is 0.326. The molecule has 5 N–H and O–H groups in total. The van der Waals surface area contributed by atoms with Crippen molar-refractivity contribution in [2.45, 2.75) is 13.3 Å². The number of nitrogens with two attached hydrogens (primary N) is 2. The molecule has 0 amide bonds. The van der Waals surface area contributed by atoms with Gasteiger partial charge in [0.1, 0.15) is 11.4 Å². The monoisotopic (exact) mass is 379 g/mol. The van der Waals surface area contributed by atoms with Crippen molar-refractivity contribution >= 4 is 17.3 Å². The van der Waals surface area contributed by atoms with E-state index in [2.05, 4.69) is 0 Å². The van der Waals surface area contributed by atoms with Crippen LogP contribution in [-0.2, 0) is 11.2 Å². The molecule has 0 fully saturated rings. The highest BCUT2D eigenvalue weighted by atomic mass is 16.7. The molecule has 0 aliphatic carbocycles. The zero-order valence-corrected chi connectivity index (χ0v) is 15.3. The largest absolute Gasteiger partial charge is 0.481 e. The van der Waals surface area contributed by atoms with Crippen LogP contribution < -0.4 is 26.3 Å². The van der Waals surface area contributed by atoms with Gasteiger partial charge in [0, 0.05) is 5.69 Å². The molecular formula is C21H21N3O4. The van der Waals surface area contributed by atoms with E-state index in [9.17, 15) is 4.79 Å². The summed E-state index contributed by atoms with van der Waals surface area (Å²) in [6.45, 7) is 1.98. The number of hydrogen-bond acceptors (Lipinski definition) is 6. The molecular weight excluding hydrogens is 358 g/mol. The third-order valence-corrected chi connectivity index (χ3v) is 3.93. The van der Waals surface area contributed by atoms with Gasteiger partial charge in [-0.05, 0) is 55.0 Å². The summed E-state index contributed by atoms with van der Waals surface area (Å²) >= 11 is 0. The Labute approximate surface area is 162 Å². The molecule has 0 saturated heterocycles. The van der Waals surface area contributed by atoms with Crippen molar-refractivity contribution in [2.24, 2.45) is 5.84 Å². The predicted molar refractivity (Wildman–Crippen MR) is 107 cm³/mol. The van der Waals surface area contributed by atoms with E-state index in [4.69, 9.17) is 26.3 Å². The highest BCUT2D eigenvalue weighted by Crippen LogP contribution is 2.34. The van der Waals surface area contributed by atoms with Crippen molar-refractivity contribution in [1.29, 1.82) is 0 Å². The van der Waals surface area contributed by atoms with Crippen LogP contribution >= 0.6 is 0 Å². The second-order valence-corrected chi connectivity index (χ2v) is 6.28. The number of benzene rings is 3. The first-order chi connectivity index (χ1) is 13.4. The van der Waals surface area contributed by atoms with Gasteiger partial charge in [-0.15, -0.1) is 5.17 Å². The lowest BCUT2D eigenvalue weighted by molar-refractivity contribution is -0.136. The van der Waals surface area contributed by atoms with Gasteiger partial charge in [-0.3, -0.25) is 4.79 Å². The number of carbonyl (C=O) groups is 1. The van der Waals surface area contributed by atoms with Crippen molar-refractivity contribution in [2.75, 3.05) is 10.9 Å². The molecule has 144 valence electrons. The number of rotatable bonds is 7. The van der Waals surface area contributed by atoms with Gasteiger partial charge in [0.05, 0.1) is 6.42 Å². The SMILES string of the molecule is Cc1ccc(ON(N)c2cc(N)ccc2Oc2cccc(CC(=O)O)c2)cc1. The van der Waals surface area contributed by atoms with Crippen LogP contribution in [0.25, 0.3) is 0 Å². The maximum atomic E-state index is 10.9. The van der Waals surface area contributed by atoms with Crippen LogP contribution in [-0.4, -0.2) is 11.1 Å². The number of nitrogen functional groups attached to an aromatic ring is 1. The molecule has 0 unspecified atom stereocenters. The molecule has 0 radical (unpaired) electrons. The molecule has 0 bridgehead atoms. The first-order valence-electron chi connectivity index (χ1n) is 8.58. The molecule has 3 aromatic rings. The molecule has 3 aromatic carbocycles. The number of aryl methyl sites for hydroxylation is 1. The highest BCUT2D eigenvalue weighted by molar-refractivity contribution is 5.70. The summed E-state index contributed by atoms with van der Waals surface area (Å²) in [6.07, 6.45) is -0.0919. The minimum absolute atomic E-state index is 0.0919. The number of hydrazine groups is 1. The van der Waals surface area contributed by atoms with Gasteiger partial charge in [-0.1, -0.05) is 29.8 Å². The van der Waals surface area contributed by atoms with Gasteiger partial charge in [-0.25, -0.2) is 5.84 Å². The maximum absolute atomic E-state index is 10.9. The fourth-order valence-electron chi connectivity index (χ4n) is 2.58. The second kappa shape index (κ2) is 8.32. The van der Waals surface area contributed by atoms with Gasteiger partial charge in [0.25, 0.3) is 0 Å². The smallest absolute Gasteiger partial charge is 0.307 e. The van der Waals surface area contributed by atoms with Crippen LogP contribution in [0.3, 0.4) is 0 Å². The van der Waals surface area contributed by atoms with Gasteiger partial charge in [0.15, 0.2) is 11.5 Å². The normalized spacial score (nSPS) is 10.4. The Balaban J connectivity index is 1.84. The van der Waals surface area contributed by atoms with Crippen molar-refractivity contribution in [3.63, 3.8) is 0 Å². The summed E-state index contributed by atoms with van der Waals surface area (Å²) in [6, 6.07) is 19.3. The third kappa shape index (κ3) is 4.93. The number of anilines is 2. The lowest BCUT2D eigenvalue weighted by Gasteiger charge is -2.22. The Morgan fingerprint density at radius 2 is 1.79 bits per heavy atom. The minimum atomic E-state index is -0.912.